The maximum atomic E-state index is 11.5. The lowest BCUT2D eigenvalue weighted by atomic mass is 10.1. The summed E-state index contributed by atoms with van der Waals surface area (Å²) < 4.78 is 1.88. The van der Waals surface area contributed by atoms with Crippen molar-refractivity contribution in [2.45, 2.75) is 16.3 Å². The van der Waals surface area contributed by atoms with Crippen molar-refractivity contribution in [1.29, 1.82) is 0 Å². The summed E-state index contributed by atoms with van der Waals surface area (Å²) in [4.78, 5) is 12.8. The molecule has 0 atom stereocenters. The van der Waals surface area contributed by atoms with Crippen LogP contribution in [0.3, 0.4) is 0 Å². The van der Waals surface area contributed by atoms with Crippen LogP contribution in [0, 0.1) is 10.1 Å². The van der Waals surface area contributed by atoms with E-state index in [0.717, 1.165) is 27.1 Å². The SMILES string of the molecule is Cl.O=[N+]([O-])c1ccc2c3c(nn2CCNCCO)-c2ccccc2Sc13. The number of aromatic nitrogens is 2. The summed E-state index contributed by atoms with van der Waals surface area (Å²) in [5.74, 6) is 0. The molecule has 0 unspecified atom stereocenters. The smallest absolute Gasteiger partial charge is 0.284 e. The Bertz CT molecular complexity index is 976. The Morgan fingerprint density at radius 3 is 2.81 bits per heavy atom. The van der Waals surface area contributed by atoms with Gasteiger partial charge in [0.05, 0.1) is 23.6 Å². The van der Waals surface area contributed by atoms with Gasteiger partial charge < -0.3 is 10.4 Å². The summed E-state index contributed by atoms with van der Waals surface area (Å²) in [5, 5.41) is 29.0. The maximum Gasteiger partial charge on any atom is 0.284 e. The zero-order valence-corrected chi connectivity index (χ0v) is 15.3. The number of nitro benzene ring substituents is 1. The van der Waals surface area contributed by atoms with Crippen LogP contribution in [0.25, 0.3) is 22.2 Å². The van der Waals surface area contributed by atoms with E-state index < -0.39 is 0 Å². The van der Waals surface area contributed by atoms with E-state index in [1.165, 1.54) is 11.8 Å². The van der Waals surface area contributed by atoms with E-state index in [9.17, 15) is 10.1 Å². The van der Waals surface area contributed by atoms with Crippen LogP contribution in [0.15, 0.2) is 46.2 Å². The largest absolute Gasteiger partial charge is 0.395 e. The van der Waals surface area contributed by atoms with Crippen molar-refractivity contribution in [3.8, 4) is 11.3 Å². The van der Waals surface area contributed by atoms with Gasteiger partial charge in [-0.15, -0.1) is 12.4 Å². The third kappa shape index (κ3) is 3.05. The average Bonchev–Trinajstić information content (AvgIpc) is 2.99. The van der Waals surface area contributed by atoms with Crippen LogP contribution >= 0.6 is 24.2 Å². The van der Waals surface area contributed by atoms with Gasteiger partial charge in [-0.2, -0.15) is 5.10 Å². The highest BCUT2D eigenvalue weighted by molar-refractivity contribution is 8.00. The van der Waals surface area contributed by atoms with Gasteiger partial charge in [0.25, 0.3) is 5.69 Å². The molecule has 1 aliphatic rings. The van der Waals surface area contributed by atoms with Gasteiger partial charge >= 0.3 is 0 Å². The number of nitro groups is 1. The van der Waals surface area contributed by atoms with Crippen molar-refractivity contribution in [3.05, 3.63) is 46.5 Å². The first-order valence-corrected chi connectivity index (χ1v) is 8.79. The number of aliphatic hydroxyl groups is 1. The van der Waals surface area contributed by atoms with Gasteiger partial charge in [-0.05, 0) is 12.1 Å². The molecule has 26 heavy (non-hydrogen) atoms. The van der Waals surface area contributed by atoms with Crippen molar-refractivity contribution in [3.63, 3.8) is 0 Å². The Balaban J connectivity index is 0.00000196. The zero-order valence-electron chi connectivity index (χ0n) is 13.7. The molecule has 4 rings (SSSR count). The molecule has 136 valence electrons. The third-order valence-corrected chi connectivity index (χ3v) is 5.38. The van der Waals surface area contributed by atoms with E-state index in [4.69, 9.17) is 10.2 Å². The monoisotopic (exact) mass is 392 g/mol. The molecule has 2 N–H and O–H groups in total. The Morgan fingerprint density at radius 2 is 2.04 bits per heavy atom. The minimum Gasteiger partial charge on any atom is -0.395 e. The van der Waals surface area contributed by atoms with E-state index in [-0.39, 0.29) is 29.6 Å². The fraction of sp³-hybridized carbons (Fsp3) is 0.235. The van der Waals surface area contributed by atoms with E-state index in [2.05, 4.69) is 5.32 Å². The number of nitrogens with one attached hydrogen (secondary N) is 1. The molecule has 2 heterocycles. The van der Waals surface area contributed by atoms with E-state index in [1.54, 1.807) is 12.1 Å². The minimum atomic E-state index is -0.334. The number of halogens is 1. The highest BCUT2D eigenvalue weighted by atomic mass is 35.5. The number of rotatable bonds is 6. The number of fused-ring (bicyclic) bond motifs is 2. The van der Waals surface area contributed by atoms with Gasteiger partial charge in [0, 0.05) is 35.0 Å². The van der Waals surface area contributed by atoms with Crippen molar-refractivity contribution in [2.24, 2.45) is 0 Å². The number of hydrogen-bond acceptors (Lipinski definition) is 6. The lowest BCUT2D eigenvalue weighted by Gasteiger charge is -2.14. The van der Waals surface area contributed by atoms with Crippen LogP contribution in [0.2, 0.25) is 0 Å². The third-order valence-electron chi connectivity index (χ3n) is 4.19. The van der Waals surface area contributed by atoms with Crippen LogP contribution in [0.5, 0.6) is 0 Å². The molecule has 1 aromatic heterocycles. The minimum absolute atomic E-state index is 0. The predicted octanol–water partition coefficient (Wildman–Crippen LogP) is 3.08. The van der Waals surface area contributed by atoms with Gasteiger partial charge in [0.15, 0.2) is 0 Å². The highest BCUT2D eigenvalue weighted by Crippen LogP contribution is 2.50. The van der Waals surface area contributed by atoms with E-state index >= 15 is 0 Å². The number of aliphatic hydroxyl groups excluding tert-OH is 1. The van der Waals surface area contributed by atoms with Crippen molar-refractivity contribution >= 4 is 40.8 Å². The molecule has 0 radical (unpaired) electrons. The second-order valence-corrected chi connectivity index (χ2v) is 6.76. The highest BCUT2D eigenvalue weighted by Gasteiger charge is 2.29. The standard InChI is InChI=1S/C17H16N4O3S.ClH/c22-10-8-18-7-9-20-12-5-6-13(21(23)24)17-15(12)16(19-20)11-3-1-2-4-14(11)25-17;/h1-6,18,22H,7-10H2;1H. The first kappa shape index (κ1) is 18.7. The van der Waals surface area contributed by atoms with Crippen LogP contribution in [-0.2, 0) is 6.54 Å². The van der Waals surface area contributed by atoms with Crippen LogP contribution in [0.4, 0.5) is 5.69 Å². The number of nitrogens with zero attached hydrogens (tertiary/aromatic N) is 3. The molecule has 0 saturated carbocycles. The van der Waals surface area contributed by atoms with Gasteiger partial charge in [-0.3, -0.25) is 14.8 Å². The topological polar surface area (TPSA) is 93.2 Å². The Hall–Kier alpha value is -2.13. The van der Waals surface area contributed by atoms with Gasteiger partial charge in [0.2, 0.25) is 0 Å². The molecule has 0 fully saturated rings. The summed E-state index contributed by atoms with van der Waals surface area (Å²) in [6, 6.07) is 11.2. The second-order valence-electron chi connectivity index (χ2n) is 5.71. The molecule has 0 spiro atoms. The second kappa shape index (κ2) is 7.63. The Kier molecular flexibility index (Phi) is 5.47. The summed E-state index contributed by atoms with van der Waals surface area (Å²) in [6.07, 6.45) is 0. The molecule has 0 amide bonds. The summed E-state index contributed by atoms with van der Waals surface area (Å²) in [5.41, 5.74) is 2.81. The normalized spacial score (nSPS) is 11.9. The van der Waals surface area contributed by atoms with Gasteiger partial charge in [0.1, 0.15) is 10.6 Å². The quantitative estimate of drug-likeness (QED) is 0.297. The molecule has 0 aliphatic carbocycles. The average molecular weight is 393 g/mol. The van der Waals surface area contributed by atoms with Crippen LogP contribution < -0.4 is 5.32 Å². The molecule has 1 aliphatic heterocycles. The van der Waals surface area contributed by atoms with Crippen LogP contribution in [0.1, 0.15) is 0 Å². The van der Waals surface area contributed by atoms with Crippen molar-refractivity contribution in [1.82, 2.24) is 15.1 Å². The maximum absolute atomic E-state index is 11.5. The molecule has 7 nitrogen and oxygen atoms in total. The molecular weight excluding hydrogens is 376 g/mol. The van der Waals surface area contributed by atoms with Crippen molar-refractivity contribution in [2.75, 3.05) is 19.7 Å². The lowest BCUT2D eigenvalue weighted by molar-refractivity contribution is -0.387. The lowest BCUT2D eigenvalue weighted by Crippen LogP contribution is -2.23. The van der Waals surface area contributed by atoms with Gasteiger partial charge in [-0.25, -0.2) is 0 Å². The Labute approximate surface area is 160 Å². The number of benzene rings is 2. The molecule has 0 bridgehead atoms. The van der Waals surface area contributed by atoms with E-state index in [0.29, 0.717) is 24.5 Å². The Morgan fingerprint density at radius 1 is 1.23 bits per heavy atom. The fourth-order valence-corrected chi connectivity index (χ4v) is 4.28. The predicted molar refractivity (Wildman–Crippen MR) is 103 cm³/mol. The molecule has 0 saturated heterocycles. The first-order chi connectivity index (χ1) is 12.2. The molecular formula is C17H17ClN4O3S. The summed E-state index contributed by atoms with van der Waals surface area (Å²) in [7, 11) is 0. The number of hydrogen-bond donors (Lipinski definition) is 2. The first-order valence-electron chi connectivity index (χ1n) is 7.97. The molecule has 9 heteroatoms. The van der Waals surface area contributed by atoms with Crippen molar-refractivity contribution < 1.29 is 10.0 Å². The summed E-state index contributed by atoms with van der Waals surface area (Å²) >= 11 is 1.43. The van der Waals surface area contributed by atoms with E-state index in [1.807, 2.05) is 28.9 Å². The molecule has 2 aromatic carbocycles. The zero-order chi connectivity index (χ0) is 17.4. The summed E-state index contributed by atoms with van der Waals surface area (Å²) in [6.45, 7) is 1.91. The fourth-order valence-electron chi connectivity index (χ4n) is 3.09. The van der Waals surface area contributed by atoms with Crippen LogP contribution in [-0.4, -0.2) is 39.5 Å². The molecule has 3 aromatic rings. The van der Waals surface area contributed by atoms with Gasteiger partial charge in [-0.1, -0.05) is 30.0 Å².